The molecule has 1 amide bonds. The van der Waals surface area contributed by atoms with Gasteiger partial charge in [0, 0.05) is 13.0 Å². The fourth-order valence-electron chi connectivity index (χ4n) is 2.64. The van der Waals surface area contributed by atoms with Crippen molar-refractivity contribution in [3.8, 4) is 0 Å². The standard InChI is InChI=1S/C19H23FN2O3S/c1-15(16-9-4-3-5-10-16)21-19(23)13-8-14-22(26(2,24)25)18-12-7-6-11-17(18)20/h3-7,9-12,15H,8,13-14H2,1-2H3,(H,21,23)/t15-/m1/s1. The quantitative estimate of drug-likeness (QED) is 0.767. The molecule has 0 spiro atoms. The van der Waals surface area contributed by atoms with Crippen LogP contribution in [-0.2, 0) is 14.8 Å². The van der Waals surface area contributed by atoms with E-state index in [-0.39, 0.29) is 37.0 Å². The summed E-state index contributed by atoms with van der Waals surface area (Å²) in [6, 6.07) is 15.1. The molecule has 0 saturated heterocycles. The minimum atomic E-state index is -3.64. The van der Waals surface area contributed by atoms with Crippen LogP contribution in [0.2, 0.25) is 0 Å². The molecule has 0 aromatic heterocycles. The van der Waals surface area contributed by atoms with Gasteiger partial charge in [-0.3, -0.25) is 9.10 Å². The van der Waals surface area contributed by atoms with E-state index >= 15 is 0 Å². The number of halogens is 1. The molecular weight excluding hydrogens is 355 g/mol. The first kappa shape index (κ1) is 19.9. The summed E-state index contributed by atoms with van der Waals surface area (Å²) in [5.74, 6) is -0.789. The molecule has 0 heterocycles. The minimum Gasteiger partial charge on any atom is -0.350 e. The average molecular weight is 378 g/mol. The minimum absolute atomic E-state index is 0.00642. The van der Waals surface area contributed by atoms with Crippen LogP contribution in [0.3, 0.4) is 0 Å². The lowest BCUT2D eigenvalue weighted by Gasteiger charge is -2.23. The highest BCUT2D eigenvalue weighted by molar-refractivity contribution is 7.92. The summed E-state index contributed by atoms with van der Waals surface area (Å²) in [5, 5.41) is 2.88. The van der Waals surface area contributed by atoms with Gasteiger partial charge < -0.3 is 5.32 Å². The molecule has 2 aromatic rings. The molecule has 2 aromatic carbocycles. The normalized spacial score (nSPS) is 12.4. The predicted octanol–water partition coefficient (Wildman–Crippen LogP) is 3.25. The fourth-order valence-corrected chi connectivity index (χ4v) is 3.61. The Hall–Kier alpha value is -2.41. The Morgan fingerprint density at radius 1 is 1.12 bits per heavy atom. The number of rotatable bonds is 8. The van der Waals surface area contributed by atoms with E-state index in [1.807, 2.05) is 37.3 Å². The van der Waals surface area contributed by atoms with E-state index in [0.717, 1.165) is 16.1 Å². The summed E-state index contributed by atoms with van der Waals surface area (Å²) < 4.78 is 38.9. The van der Waals surface area contributed by atoms with Crippen LogP contribution in [0.15, 0.2) is 54.6 Å². The van der Waals surface area contributed by atoms with Crippen LogP contribution in [-0.4, -0.2) is 27.1 Å². The van der Waals surface area contributed by atoms with Crippen LogP contribution in [0.5, 0.6) is 0 Å². The highest BCUT2D eigenvalue weighted by Crippen LogP contribution is 2.22. The molecule has 0 radical (unpaired) electrons. The second-order valence-electron chi connectivity index (χ2n) is 6.09. The highest BCUT2D eigenvalue weighted by atomic mass is 32.2. The summed E-state index contributed by atoms with van der Waals surface area (Å²) >= 11 is 0. The van der Waals surface area contributed by atoms with Gasteiger partial charge in [0.1, 0.15) is 5.82 Å². The first-order valence-electron chi connectivity index (χ1n) is 8.35. The maximum absolute atomic E-state index is 13.9. The number of amides is 1. The largest absolute Gasteiger partial charge is 0.350 e. The number of sulfonamides is 1. The van der Waals surface area contributed by atoms with Crippen molar-refractivity contribution < 1.29 is 17.6 Å². The van der Waals surface area contributed by atoms with Gasteiger partial charge in [0.05, 0.1) is 18.0 Å². The van der Waals surface area contributed by atoms with Crippen molar-refractivity contribution in [2.75, 3.05) is 17.1 Å². The summed E-state index contributed by atoms with van der Waals surface area (Å²) in [4.78, 5) is 12.1. The highest BCUT2D eigenvalue weighted by Gasteiger charge is 2.20. The maximum Gasteiger partial charge on any atom is 0.232 e. The van der Waals surface area contributed by atoms with E-state index in [0.29, 0.717) is 0 Å². The molecule has 26 heavy (non-hydrogen) atoms. The monoisotopic (exact) mass is 378 g/mol. The number of carbonyl (C=O) groups excluding carboxylic acids is 1. The van der Waals surface area contributed by atoms with Crippen molar-refractivity contribution in [1.29, 1.82) is 0 Å². The molecule has 0 aliphatic rings. The number of carbonyl (C=O) groups is 1. The topological polar surface area (TPSA) is 66.5 Å². The first-order valence-corrected chi connectivity index (χ1v) is 10.2. The van der Waals surface area contributed by atoms with Crippen LogP contribution in [0, 0.1) is 5.82 Å². The molecule has 1 N–H and O–H groups in total. The third-order valence-corrected chi connectivity index (χ3v) is 5.14. The van der Waals surface area contributed by atoms with E-state index in [1.54, 1.807) is 6.07 Å². The maximum atomic E-state index is 13.9. The lowest BCUT2D eigenvalue weighted by Crippen LogP contribution is -2.33. The third-order valence-electron chi connectivity index (χ3n) is 3.96. The number of benzene rings is 2. The molecule has 140 valence electrons. The first-order chi connectivity index (χ1) is 12.3. The summed E-state index contributed by atoms with van der Waals surface area (Å²) in [5.41, 5.74) is 0.984. The number of para-hydroxylation sites is 1. The molecule has 1 atom stereocenters. The van der Waals surface area contributed by atoms with Crippen LogP contribution >= 0.6 is 0 Å². The van der Waals surface area contributed by atoms with Gasteiger partial charge in [-0.1, -0.05) is 42.5 Å². The van der Waals surface area contributed by atoms with Gasteiger partial charge in [-0.15, -0.1) is 0 Å². The van der Waals surface area contributed by atoms with Gasteiger partial charge in [0.2, 0.25) is 15.9 Å². The van der Waals surface area contributed by atoms with E-state index < -0.39 is 15.8 Å². The zero-order valence-corrected chi connectivity index (χ0v) is 15.7. The van der Waals surface area contributed by atoms with Gasteiger partial charge in [0.25, 0.3) is 0 Å². The second kappa shape index (κ2) is 8.80. The summed E-state index contributed by atoms with van der Waals surface area (Å²) in [7, 11) is -3.64. The number of hydrogen-bond donors (Lipinski definition) is 1. The average Bonchev–Trinajstić information content (AvgIpc) is 2.59. The number of nitrogens with zero attached hydrogens (tertiary/aromatic N) is 1. The Morgan fingerprint density at radius 2 is 1.73 bits per heavy atom. The molecule has 0 aliphatic carbocycles. The SMILES string of the molecule is C[C@@H](NC(=O)CCCN(c1ccccc1F)S(C)(=O)=O)c1ccccc1. The van der Waals surface area contributed by atoms with Gasteiger partial charge in [-0.25, -0.2) is 12.8 Å². The Labute approximate surface area is 153 Å². The Bertz CT molecular complexity index is 841. The van der Waals surface area contributed by atoms with Crippen molar-refractivity contribution in [3.63, 3.8) is 0 Å². The van der Waals surface area contributed by atoms with Crippen molar-refractivity contribution in [3.05, 3.63) is 66.0 Å². The van der Waals surface area contributed by atoms with E-state index in [2.05, 4.69) is 5.32 Å². The van der Waals surface area contributed by atoms with Gasteiger partial charge in [-0.05, 0) is 31.0 Å². The summed E-state index contributed by atoms with van der Waals surface area (Å²) in [6.45, 7) is 1.92. The molecule has 0 fully saturated rings. The van der Waals surface area contributed by atoms with E-state index in [1.165, 1.54) is 18.2 Å². The Kier molecular flexibility index (Phi) is 6.74. The van der Waals surface area contributed by atoms with Crippen molar-refractivity contribution in [1.82, 2.24) is 5.32 Å². The molecule has 5 nitrogen and oxygen atoms in total. The number of anilines is 1. The summed E-state index contributed by atoms with van der Waals surface area (Å²) in [6.07, 6.45) is 1.46. The third kappa shape index (κ3) is 5.56. The molecule has 7 heteroatoms. The Morgan fingerprint density at radius 3 is 2.35 bits per heavy atom. The molecule has 0 saturated carbocycles. The second-order valence-corrected chi connectivity index (χ2v) is 8.00. The number of nitrogens with one attached hydrogen (secondary N) is 1. The van der Waals surface area contributed by atoms with Gasteiger partial charge in [0.15, 0.2) is 0 Å². The lowest BCUT2D eigenvalue weighted by molar-refractivity contribution is -0.121. The molecule has 0 unspecified atom stereocenters. The molecule has 2 rings (SSSR count). The zero-order chi connectivity index (χ0) is 19.2. The molecule has 0 bridgehead atoms. The van der Waals surface area contributed by atoms with Crippen molar-refractivity contribution >= 4 is 21.6 Å². The van der Waals surface area contributed by atoms with E-state index in [4.69, 9.17) is 0 Å². The number of hydrogen-bond acceptors (Lipinski definition) is 3. The van der Waals surface area contributed by atoms with Gasteiger partial charge >= 0.3 is 0 Å². The van der Waals surface area contributed by atoms with Crippen molar-refractivity contribution in [2.24, 2.45) is 0 Å². The van der Waals surface area contributed by atoms with Gasteiger partial charge in [-0.2, -0.15) is 0 Å². The lowest BCUT2D eigenvalue weighted by atomic mass is 10.1. The zero-order valence-electron chi connectivity index (χ0n) is 14.9. The van der Waals surface area contributed by atoms with Crippen molar-refractivity contribution in [2.45, 2.75) is 25.8 Å². The predicted molar refractivity (Wildman–Crippen MR) is 101 cm³/mol. The smallest absolute Gasteiger partial charge is 0.232 e. The molecule has 0 aliphatic heterocycles. The van der Waals surface area contributed by atoms with Crippen LogP contribution < -0.4 is 9.62 Å². The van der Waals surface area contributed by atoms with Crippen LogP contribution in [0.4, 0.5) is 10.1 Å². The fraction of sp³-hybridized carbons (Fsp3) is 0.316. The van der Waals surface area contributed by atoms with E-state index in [9.17, 15) is 17.6 Å². The Balaban J connectivity index is 1.93. The van der Waals surface area contributed by atoms with Crippen LogP contribution in [0.1, 0.15) is 31.4 Å². The molecular formula is C19H23FN2O3S. The van der Waals surface area contributed by atoms with Crippen LogP contribution in [0.25, 0.3) is 0 Å².